The van der Waals surface area contributed by atoms with Gasteiger partial charge in [0.05, 0.1) is 11.6 Å². The fraction of sp³-hybridized carbons (Fsp3) is 0.222. The van der Waals surface area contributed by atoms with E-state index in [0.29, 0.717) is 43.1 Å². The molecule has 34 heavy (non-hydrogen) atoms. The highest BCUT2D eigenvalue weighted by Gasteiger charge is 2.45. The number of likely N-dealkylation sites (tertiary alicyclic amines) is 1. The third kappa shape index (κ3) is 5.00. The summed E-state index contributed by atoms with van der Waals surface area (Å²) in [5.41, 5.74) is 2.18. The van der Waals surface area contributed by atoms with E-state index in [9.17, 15) is 14.7 Å². The molecule has 174 valence electrons. The maximum absolute atomic E-state index is 13.1. The predicted octanol–water partition coefficient (Wildman–Crippen LogP) is 4.12. The summed E-state index contributed by atoms with van der Waals surface area (Å²) in [5, 5.41) is 11.0. The Morgan fingerprint density at radius 2 is 1.79 bits per heavy atom. The first-order valence-corrected chi connectivity index (χ1v) is 11.0. The quantitative estimate of drug-likeness (QED) is 0.225. The lowest BCUT2D eigenvalue weighted by atomic mass is 9.95. The van der Waals surface area contributed by atoms with Crippen molar-refractivity contribution < 1.29 is 24.2 Å². The highest BCUT2D eigenvalue weighted by Crippen LogP contribution is 2.40. The molecule has 1 N–H and O–H groups in total. The summed E-state index contributed by atoms with van der Waals surface area (Å²) in [5.74, 6) is -0.983. The fourth-order valence-electron chi connectivity index (χ4n) is 4.02. The molecule has 7 nitrogen and oxygen atoms in total. The monoisotopic (exact) mass is 458 g/mol. The van der Waals surface area contributed by atoms with Crippen molar-refractivity contribution in [2.24, 2.45) is 0 Å². The third-order valence-corrected chi connectivity index (χ3v) is 5.66. The number of benzene rings is 2. The van der Waals surface area contributed by atoms with Gasteiger partial charge < -0.3 is 19.5 Å². The number of carbonyl (C=O) groups is 2. The number of aromatic nitrogens is 1. The number of rotatable bonds is 9. The lowest BCUT2D eigenvalue weighted by Crippen LogP contribution is -2.31. The Hall–Kier alpha value is -3.97. The number of carbonyl (C=O) groups excluding carboxylic acids is 2. The summed E-state index contributed by atoms with van der Waals surface area (Å²) >= 11 is 0. The molecule has 1 unspecified atom stereocenters. The molecule has 0 bridgehead atoms. The summed E-state index contributed by atoms with van der Waals surface area (Å²) in [7, 11) is 1.59. The number of nitrogens with zero attached hydrogens (tertiary/aromatic N) is 2. The van der Waals surface area contributed by atoms with Crippen molar-refractivity contribution in [2.75, 3.05) is 20.3 Å². The van der Waals surface area contributed by atoms with Crippen LogP contribution in [0.3, 0.4) is 0 Å². The first-order valence-electron chi connectivity index (χ1n) is 11.0. The molecule has 1 aromatic heterocycles. The smallest absolute Gasteiger partial charge is 0.295 e. The van der Waals surface area contributed by atoms with Gasteiger partial charge in [-0.15, -0.1) is 0 Å². The summed E-state index contributed by atoms with van der Waals surface area (Å²) in [6.45, 7) is 1.14. The molecule has 2 heterocycles. The highest BCUT2D eigenvalue weighted by molar-refractivity contribution is 6.46. The van der Waals surface area contributed by atoms with Gasteiger partial charge in [0, 0.05) is 38.2 Å². The average Bonchev–Trinajstić information content (AvgIpc) is 3.13. The molecule has 0 aliphatic carbocycles. The molecule has 0 spiro atoms. The maximum Gasteiger partial charge on any atom is 0.295 e. The second-order valence-corrected chi connectivity index (χ2v) is 7.92. The van der Waals surface area contributed by atoms with Crippen molar-refractivity contribution >= 4 is 17.4 Å². The molecule has 1 aliphatic heterocycles. The number of ketones is 1. The Labute approximate surface area is 198 Å². The summed E-state index contributed by atoms with van der Waals surface area (Å²) < 4.78 is 11.1. The number of hydrogen-bond acceptors (Lipinski definition) is 6. The van der Waals surface area contributed by atoms with Crippen molar-refractivity contribution in [3.8, 4) is 5.75 Å². The Morgan fingerprint density at radius 1 is 1.03 bits per heavy atom. The molecule has 7 heteroatoms. The van der Waals surface area contributed by atoms with Gasteiger partial charge in [-0.05, 0) is 41.8 Å². The van der Waals surface area contributed by atoms with Gasteiger partial charge in [0.1, 0.15) is 18.1 Å². The molecule has 0 saturated carbocycles. The number of pyridine rings is 1. The van der Waals surface area contributed by atoms with Crippen molar-refractivity contribution in [3.63, 3.8) is 0 Å². The first kappa shape index (κ1) is 23.2. The van der Waals surface area contributed by atoms with Gasteiger partial charge in [-0.25, -0.2) is 0 Å². The van der Waals surface area contributed by atoms with Crippen LogP contribution in [0.4, 0.5) is 0 Å². The number of aliphatic hydroxyl groups is 1. The van der Waals surface area contributed by atoms with E-state index in [2.05, 4.69) is 4.98 Å². The van der Waals surface area contributed by atoms with Crippen LogP contribution in [0.2, 0.25) is 0 Å². The number of amides is 1. The van der Waals surface area contributed by atoms with Crippen molar-refractivity contribution in [3.05, 3.63) is 101 Å². The Balaban J connectivity index is 1.71. The SMILES string of the molecule is COCCCN1C(=O)C(=O)/C(=C(/O)c2ccncc2)C1c1cccc(OCc2ccccc2)c1. The molecular formula is C27H26N2O5. The van der Waals surface area contributed by atoms with Gasteiger partial charge in [0.15, 0.2) is 0 Å². The van der Waals surface area contributed by atoms with Crippen LogP contribution in [0.5, 0.6) is 5.75 Å². The van der Waals surface area contributed by atoms with Crippen LogP contribution in [0.1, 0.15) is 29.2 Å². The second-order valence-electron chi connectivity index (χ2n) is 7.92. The van der Waals surface area contributed by atoms with Gasteiger partial charge in [-0.2, -0.15) is 0 Å². The summed E-state index contributed by atoms with van der Waals surface area (Å²) in [6, 6.07) is 19.5. The topological polar surface area (TPSA) is 89.0 Å². The predicted molar refractivity (Wildman–Crippen MR) is 127 cm³/mol. The Kier molecular flexibility index (Phi) is 7.34. The largest absolute Gasteiger partial charge is 0.507 e. The van der Waals surface area contributed by atoms with Gasteiger partial charge in [0.25, 0.3) is 11.7 Å². The van der Waals surface area contributed by atoms with E-state index in [-0.39, 0.29) is 11.3 Å². The average molecular weight is 459 g/mol. The standard InChI is InChI=1S/C27H26N2O5/c1-33-16-6-15-29-24(23(26(31)27(29)32)25(30)20-11-13-28-14-12-20)21-9-5-10-22(17-21)34-18-19-7-3-2-4-8-19/h2-5,7-14,17,24,30H,6,15-16,18H2,1H3/b25-23+. The molecule has 3 aromatic rings. The number of hydrogen-bond donors (Lipinski definition) is 1. The number of methoxy groups -OCH3 is 1. The minimum atomic E-state index is -0.745. The molecule has 1 amide bonds. The molecule has 4 rings (SSSR count). The zero-order valence-corrected chi connectivity index (χ0v) is 18.9. The Bertz CT molecular complexity index is 1180. The van der Waals surface area contributed by atoms with Crippen molar-refractivity contribution in [2.45, 2.75) is 19.1 Å². The summed E-state index contributed by atoms with van der Waals surface area (Å²) in [4.78, 5) is 31.5. The minimum Gasteiger partial charge on any atom is -0.507 e. The van der Waals surface area contributed by atoms with Crippen LogP contribution >= 0.6 is 0 Å². The molecule has 0 radical (unpaired) electrons. The molecular weight excluding hydrogens is 432 g/mol. The third-order valence-electron chi connectivity index (χ3n) is 5.66. The number of ether oxygens (including phenoxy) is 2. The van der Waals surface area contributed by atoms with Crippen LogP contribution in [-0.2, 0) is 20.9 Å². The van der Waals surface area contributed by atoms with E-state index in [1.807, 2.05) is 54.6 Å². The normalized spacial score (nSPS) is 17.2. The Morgan fingerprint density at radius 3 is 2.53 bits per heavy atom. The number of aliphatic hydroxyl groups excluding tert-OH is 1. The lowest BCUT2D eigenvalue weighted by molar-refractivity contribution is -0.140. The van der Waals surface area contributed by atoms with E-state index in [4.69, 9.17) is 9.47 Å². The van der Waals surface area contributed by atoms with E-state index in [0.717, 1.165) is 5.56 Å². The second kappa shape index (κ2) is 10.8. The lowest BCUT2D eigenvalue weighted by Gasteiger charge is -2.25. The van der Waals surface area contributed by atoms with E-state index >= 15 is 0 Å². The minimum absolute atomic E-state index is 0.0498. The number of Topliss-reactive ketones (excluding diaryl/α,β-unsaturated/α-hetero) is 1. The van der Waals surface area contributed by atoms with Crippen molar-refractivity contribution in [1.82, 2.24) is 9.88 Å². The zero-order valence-electron chi connectivity index (χ0n) is 18.9. The maximum atomic E-state index is 13.1. The first-order chi connectivity index (χ1) is 16.6. The van der Waals surface area contributed by atoms with E-state index in [1.165, 1.54) is 17.3 Å². The molecule has 1 fully saturated rings. The van der Waals surface area contributed by atoms with Crippen molar-refractivity contribution in [1.29, 1.82) is 0 Å². The van der Waals surface area contributed by atoms with Gasteiger partial charge in [-0.1, -0.05) is 42.5 Å². The molecule has 1 atom stereocenters. The van der Waals surface area contributed by atoms with Crippen LogP contribution < -0.4 is 4.74 Å². The zero-order chi connectivity index (χ0) is 23.9. The van der Waals surface area contributed by atoms with E-state index in [1.54, 1.807) is 19.2 Å². The molecule has 1 aliphatic rings. The molecule has 2 aromatic carbocycles. The van der Waals surface area contributed by atoms with Gasteiger partial charge in [-0.3, -0.25) is 14.6 Å². The van der Waals surface area contributed by atoms with E-state index < -0.39 is 17.7 Å². The van der Waals surface area contributed by atoms with Crippen LogP contribution in [0.25, 0.3) is 5.76 Å². The van der Waals surface area contributed by atoms with Crippen LogP contribution in [0.15, 0.2) is 84.7 Å². The van der Waals surface area contributed by atoms with Gasteiger partial charge >= 0.3 is 0 Å². The molecule has 1 saturated heterocycles. The highest BCUT2D eigenvalue weighted by atomic mass is 16.5. The van der Waals surface area contributed by atoms with Crippen LogP contribution in [-0.4, -0.2) is 46.9 Å². The summed E-state index contributed by atoms with van der Waals surface area (Å²) in [6.07, 6.45) is 3.60. The fourth-order valence-corrected chi connectivity index (χ4v) is 4.02. The van der Waals surface area contributed by atoms with Gasteiger partial charge in [0.2, 0.25) is 0 Å². The van der Waals surface area contributed by atoms with Crippen LogP contribution in [0, 0.1) is 0 Å².